The van der Waals surface area contributed by atoms with Crippen LogP contribution in [0.5, 0.6) is 0 Å². The predicted molar refractivity (Wildman–Crippen MR) is 106 cm³/mol. The van der Waals surface area contributed by atoms with Crippen LogP contribution in [-0.4, -0.2) is 37.2 Å². The van der Waals surface area contributed by atoms with Crippen molar-refractivity contribution in [3.05, 3.63) is 69.9 Å². The SMILES string of the molecule is COC(=O)c1ccc([C@H]2N[C@@H](C(=O)OC)Cc3c2[nH]c2ccc(Cl)cc32)cc1. The van der Waals surface area contributed by atoms with Crippen molar-refractivity contribution in [1.82, 2.24) is 10.3 Å². The van der Waals surface area contributed by atoms with Crippen LogP contribution in [0.15, 0.2) is 42.5 Å². The smallest absolute Gasteiger partial charge is 0.337 e. The zero-order valence-electron chi connectivity index (χ0n) is 15.4. The maximum absolute atomic E-state index is 12.3. The molecule has 7 heteroatoms. The first kappa shape index (κ1) is 18.5. The van der Waals surface area contributed by atoms with Gasteiger partial charge in [0.2, 0.25) is 0 Å². The molecule has 2 N–H and O–H groups in total. The van der Waals surface area contributed by atoms with E-state index in [2.05, 4.69) is 10.3 Å². The second-order valence-electron chi connectivity index (χ2n) is 6.70. The molecule has 0 radical (unpaired) electrons. The average molecular weight is 399 g/mol. The number of benzene rings is 2. The highest BCUT2D eigenvalue weighted by molar-refractivity contribution is 6.31. The number of methoxy groups -OCH3 is 2. The van der Waals surface area contributed by atoms with E-state index in [1.807, 2.05) is 30.3 Å². The first-order chi connectivity index (χ1) is 13.5. The quantitative estimate of drug-likeness (QED) is 0.661. The number of fused-ring (bicyclic) bond motifs is 3. The Balaban J connectivity index is 1.81. The number of carbonyl (C=O) groups is 2. The average Bonchev–Trinajstić information content (AvgIpc) is 3.09. The van der Waals surface area contributed by atoms with Gasteiger partial charge < -0.3 is 14.5 Å². The van der Waals surface area contributed by atoms with Gasteiger partial charge >= 0.3 is 11.9 Å². The van der Waals surface area contributed by atoms with Crippen LogP contribution < -0.4 is 5.32 Å². The van der Waals surface area contributed by atoms with Crippen LogP contribution in [0.3, 0.4) is 0 Å². The number of hydrogen-bond donors (Lipinski definition) is 2. The lowest BCUT2D eigenvalue weighted by Crippen LogP contribution is -2.45. The van der Waals surface area contributed by atoms with E-state index in [1.165, 1.54) is 14.2 Å². The van der Waals surface area contributed by atoms with E-state index in [0.29, 0.717) is 17.0 Å². The highest BCUT2D eigenvalue weighted by Crippen LogP contribution is 2.36. The van der Waals surface area contributed by atoms with E-state index >= 15 is 0 Å². The third kappa shape index (κ3) is 3.15. The molecule has 4 rings (SSSR count). The molecule has 3 aromatic rings. The normalized spacial score (nSPS) is 18.5. The summed E-state index contributed by atoms with van der Waals surface area (Å²) in [6.45, 7) is 0. The third-order valence-electron chi connectivity index (χ3n) is 5.12. The van der Waals surface area contributed by atoms with Gasteiger partial charge in [-0.25, -0.2) is 4.79 Å². The second-order valence-corrected chi connectivity index (χ2v) is 7.14. The summed E-state index contributed by atoms with van der Waals surface area (Å²) >= 11 is 6.19. The molecule has 28 heavy (non-hydrogen) atoms. The minimum Gasteiger partial charge on any atom is -0.468 e. The minimum atomic E-state index is -0.485. The fraction of sp³-hybridized carbons (Fsp3) is 0.238. The van der Waals surface area contributed by atoms with Crippen LogP contribution in [-0.2, 0) is 20.7 Å². The van der Waals surface area contributed by atoms with Gasteiger partial charge in [-0.2, -0.15) is 0 Å². The fourth-order valence-corrected chi connectivity index (χ4v) is 3.91. The van der Waals surface area contributed by atoms with Gasteiger partial charge in [0, 0.05) is 28.0 Å². The number of ether oxygens (including phenoxy) is 2. The highest BCUT2D eigenvalue weighted by atomic mass is 35.5. The number of esters is 2. The van der Waals surface area contributed by atoms with Gasteiger partial charge in [0.25, 0.3) is 0 Å². The van der Waals surface area contributed by atoms with Crippen molar-refractivity contribution in [1.29, 1.82) is 0 Å². The first-order valence-electron chi connectivity index (χ1n) is 8.84. The van der Waals surface area contributed by atoms with Gasteiger partial charge in [-0.3, -0.25) is 10.1 Å². The molecule has 0 saturated carbocycles. The monoisotopic (exact) mass is 398 g/mol. The standard InChI is InChI=1S/C21H19ClN2O4/c1-27-20(25)12-5-3-11(4-6-12)18-19-15(10-17(24-18)21(26)28-2)14-9-13(22)7-8-16(14)23-19/h3-9,17-18,23-24H,10H2,1-2H3/t17-,18-/m1/s1. The lowest BCUT2D eigenvalue weighted by Gasteiger charge is -2.30. The van der Waals surface area contributed by atoms with Crippen molar-refractivity contribution in [3.63, 3.8) is 0 Å². The summed E-state index contributed by atoms with van der Waals surface area (Å²) in [6.07, 6.45) is 0.499. The van der Waals surface area contributed by atoms with Gasteiger partial charge in [-0.1, -0.05) is 23.7 Å². The maximum Gasteiger partial charge on any atom is 0.337 e. The molecule has 1 aromatic heterocycles. The molecule has 1 aliphatic heterocycles. The van der Waals surface area contributed by atoms with E-state index in [1.54, 1.807) is 12.1 Å². The van der Waals surface area contributed by atoms with Crippen molar-refractivity contribution >= 4 is 34.4 Å². The summed E-state index contributed by atoms with van der Waals surface area (Å²) in [4.78, 5) is 27.4. The molecule has 0 fully saturated rings. The topological polar surface area (TPSA) is 80.4 Å². The van der Waals surface area contributed by atoms with Gasteiger partial charge in [0.15, 0.2) is 0 Å². The van der Waals surface area contributed by atoms with Crippen LogP contribution in [0, 0.1) is 0 Å². The van der Waals surface area contributed by atoms with Crippen LogP contribution in [0.2, 0.25) is 5.02 Å². The summed E-state index contributed by atoms with van der Waals surface area (Å²) in [5.74, 6) is -0.713. The van der Waals surface area contributed by atoms with Gasteiger partial charge in [0.05, 0.1) is 25.8 Å². The summed E-state index contributed by atoms with van der Waals surface area (Å²) < 4.78 is 9.73. The summed E-state index contributed by atoms with van der Waals surface area (Å²) in [6, 6.07) is 12.1. The molecule has 2 aromatic carbocycles. The van der Waals surface area contributed by atoms with Gasteiger partial charge in [-0.05, 0) is 41.5 Å². The van der Waals surface area contributed by atoms with Crippen molar-refractivity contribution in [2.75, 3.05) is 14.2 Å². The van der Waals surface area contributed by atoms with Crippen molar-refractivity contribution in [2.45, 2.75) is 18.5 Å². The molecule has 0 amide bonds. The Hall–Kier alpha value is -2.83. The van der Waals surface area contributed by atoms with Crippen LogP contribution >= 0.6 is 11.6 Å². The van der Waals surface area contributed by atoms with Crippen LogP contribution in [0.25, 0.3) is 10.9 Å². The molecular formula is C21H19ClN2O4. The molecule has 144 valence electrons. The first-order valence-corrected chi connectivity index (χ1v) is 9.21. The fourth-order valence-electron chi connectivity index (χ4n) is 3.74. The number of nitrogens with one attached hydrogen (secondary N) is 2. The summed E-state index contributed by atoms with van der Waals surface area (Å²) in [5, 5.41) is 4.99. The van der Waals surface area contributed by atoms with Gasteiger partial charge in [0.1, 0.15) is 6.04 Å². The lowest BCUT2D eigenvalue weighted by atomic mass is 9.90. The Kier molecular flexibility index (Phi) is 4.83. The number of hydrogen-bond acceptors (Lipinski definition) is 5. The Morgan fingerprint density at radius 3 is 2.50 bits per heavy atom. The molecule has 0 saturated heterocycles. The summed E-state index contributed by atoms with van der Waals surface area (Å²) in [5.41, 5.74) is 4.35. The van der Waals surface area contributed by atoms with E-state index in [4.69, 9.17) is 21.1 Å². The molecule has 1 aliphatic rings. The van der Waals surface area contributed by atoms with E-state index in [-0.39, 0.29) is 12.0 Å². The Morgan fingerprint density at radius 1 is 1.07 bits per heavy atom. The zero-order chi connectivity index (χ0) is 19.8. The Labute approximate surface area is 166 Å². The van der Waals surface area contributed by atoms with E-state index < -0.39 is 12.0 Å². The molecule has 6 nitrogen and oxygen atoms in total. The largest absolute Gasteiger partial charge is 0.468 e. The van der Waals surface area contributed by atoms with Crippen molar-refractivity contribution in [3.8, 4) is 0 Å². The zero-order valence-corrected chi connectivity index (χ0v) is 16.2. The second kappa shape index (κ2) is 7.30. The number of halogens is 1. The summed E-state index contributed by atoms with van der Waals surface area (Å²) in [7, 11) is 2.73. The molecule has 0 aliphatic carbocycles. The number of H-pyrrole nitrogens is 1. The number of rotatable bonds is 3. The van der Waals surface area contributed by atoms with Crippen LogP contribution in [0.1, 0.15) is 33.2 Å². The molecule has 0 unspecified atom stereocenters. The van der Waals surface area contributed by atoms with E-state index in [9.17, 15) is 9.59 Å². The third-order valence-corrected chi connectivity index (χ3v) is 5.35. The van der Waals surface area contributed by atoms with Crippen LogP contribution in [0.4, 0.5) is 0 Å². The lowest BCUT2D eigenvalue weighted by molar-refractivity contribution is -0.143. The number of aromatic nitrogens is 1. The van der Waals surface area contributed by atoms with Crippen molar-refractivity contribution < 1.29 is 19.1 Å². The highest BCUT2D eigenvalue weighted by Gasteiger charge is 2.34. The number of aromatic amines is 1. The number of carbonyl (C=O) groups excluding carboxylic acids is 2. The maximum atomic E-state index is 12.3. The molecule has 0 spiro atoms. The Bertz CT molecular complexity index is 1060. The van der Waals surface area contributed by atoms with E-state index in [0.717, 1.165) is 27.7 Å². The Morgan fingerprint density at radius 2 is 1.82 bits per heavy atom. The minimum absolute atomic E-state index is 0.259. The van der Waals surface area contributed by atoms with Gasteiger partial charge in [-0.15, -0.1) is 0 Å². The molecule has 2 heterocycles. The predicted octanol–water partition coefficient (Wildman–Crippen LogP) is 3.38. The van der Waals surface area contributed by atoms with Crippen molar-refractivity contribution in [2.24, 2.45) is 0 Å². The molecule has 0 bridgehead atoms. The molecule has 2 atom stereocenters. The molecular weight excluding hydrogens is 380 g/mol.